The van der Waals surface area contributed by atoms with E-state index in [0.29, 0.717) is 5.75 Å². The number of aromatic amines is 1. The second-order valence-corrected chi connectivity index (χ2v) is 5.87. The van der Waals surface area contributed by atoms with Crippen molar-refractivity contribution in [2.24, 2.45) is 7.05 Å². The molecule has 2 heterocycles. The van der Waals surface area contributed by atoms with E-state index in [1.165, 1.54) is 13.2 Å². The first-order valence-electron chi connectivity index (χ1n) is 8.14. The fourth-order valence-corrected chi connectivity index (χ4v) is 2.65. The second kappa shape index (κ2) is 7.69. The van der Waals surface area contributed by atoms with Crippen LogP contribution in [0.3, 0.4) is 0 Å². The maximum absolute atomic E-state index is 12.7. The lowest BCUT2D eigenvalue weighted by Gasteiger charge is -2.20. The lowest BCUT2D eigenvalue weighted by atomic mass is 9.99. The van der Waals surface area contributed by atoms with Gasteiger partial charge in [-0.15, -0.1) is 0 Å². The molecule has 8 nitrogen and oxygen atoms in total. The average Bonchev–Trinajstić information content (AvgIpc) is 2.69. The number of amides is 1. The van der Waals surface area contributed by atoms with Crippen molar-refractivity contribution >= 4 is 5.91 Å². The van der Waals surface area contributed by atoms with Crippen LogP contribution in [0.15, 0.2) is 64.6 Å². The van der Waals surface area contributed by atoms with Crippen LogP contribution in [-0.4, -0.2) is 27.6 Å². The summed E-state index contributed by atoms with van der Waals surface area (Å²) in [6, 6.07) is 10.3. The van der Waals surface area contributed by atoms with E-state index in [0.717, 1.165) is 15.7 Å². The van der Waals surface area contributed by atoms with Gasteiger partial charge in [0, 0.05) is 25.6 Å². The molecular formula is C19H18N4O4. The summed E-state index contributed by atoms with van der Waals surface area (Å²) >= 11 is 0. The molecule has 27 heavy (non-hydrogen) atoms. The van der Waals surface area contributed by atoms with E-state index >= 15 is 0 Å². The van der Waals surface area contributed by atoms with Gasteiger partial charge in [0.25, 0.3) is 11.5 Å². The summed E-state index contributed by atoms with van der Waals surface area (Å²) in [6.07, 6.45) is 4.46. The molecule has 0 radical (unpaired) electrons. The molecule has 2 aromatic heterocycles. The van der Waals surface area contributed by atoms with Gasteiger partial charge < -0.3 is 14.6 Å². The number of nitrogens with one attached hydrogen (secondary N) is 2. The van der Waals surface area contributed by atoms with Gasteiger partial charge in [0.1, 0.15) is 11.3 Å². The monoisotopic (exact) mass is 366 g/mol. The number of methoxy groups -OCH3 is 1. The highest BCUT2D eigenvalue weighted by Crippen LogP contribution is 2.24. The van der Waals surface area contributed by atoms with Crippen molar-refractivity contribution < 1.29 is 9.53 Å². The van der Waals surface area contributed by atoms with Gasteiger partial charge in [-0.2, -0.15) is 0 Å². The summed E-state index contributed by atoms with van der Waals surface area (Å²) < 4.78 is 6.31. The molecule has 0 spiro atoms. The van der Waals surface area contributed by atoms with E-state index in [4.69, 9.17) is 4.74 Å². The number of hydrogen-bond acceptors (Lipinski definition) is 5. The van der Waals surface area contributed by atoms with Crippen molar-refractivity contribution in [2.75, 3.05) is 7.11 Å². The topological polar surface area (TPSA) is 106 Å². The lowest BCUT2D eigenvalue weighted by Crippen LogP contribution is -2.37. The zero-order chi connectivity index (χ0) is 19.4. The highest BCUT2D eigenvalue weighted by Gasteiger charge is 2.20. The third kappa shape index (κ3) is 3.95. The normalized spacial score (nSPS) is 11.6. The molecule has 3 rings (SSSR count). The van der Waals surface area contributed by atoms with Crippen LogP contribution in [0.25, 0.3) is 0 Å². The summed E-state index contributed by atoms with van der Waals surface area (Å²) in [5.41, 5.74) is 0.127. The standard InChI is InChI=1S/C19H18N4O4/c1-23-11-15(18(25)22-19(23)26)17(24)21-16(13-7-9-20-10-8-13)12-3-5-14(27-2)6-4-12/h3-11,16H,1-2H3,(H,21,24)(H,22,25,26)/t16-/m1/s1. The highest BCUT2D eigenvalue weighted by atomic mass is 16.5. The summed E-state index contributed by atoms with van der Waals surface area (Å²) in [7, 11) is 3.03. The second-order valence-electron chi connectivity index (χ2n) is 5.87. The van der Waals surface area contributed by atoms with Crippen LogP contribution in [0.4, 0.5) is 0 Å². The zero-order valence-electron chi connectivity index (χ0n) is 14.8. The van der Waals surface area contributed by atoms with Gasteiger partial charge in [-0.05, 0) is 35.4 Å². The fourth-order valence-electron chi connectivity index (χ4n) is 2.65. The number of carbonyl (C=O) groups is 1. The Morgan fingerprint density at radius 2 is 1.74 bits per heavy atom. The van der Waals surface area contributed by atoms with Gasteiger partial charge in [0.2, 0.25) is 0 Å². The molecule has 8 heteroatoms. The number of nitrogens with zero attached hydrogens (tertiary/aromatic N) is 2. The summed E-state index contributed by atoms with van der Waals surface area (Å²) in [5.74, 6) is 0.0949. The molecule has 138 valence electrons. The van der Waals surface area contributed by atoms with E-state index < -0.39 is 23.2 Å². The third-order valence-corrected chi connectivity index (χ3v) is 4.12. The van der Waals surface area contributed by atoms with E-state index in [1.54, 1.807) is 43.8 Å². The molecule has 0 fully saturated rings. The molecule has 1 atom stereocenters. The van der Waals surface area contributed by atoms with Crippen molar-refractivity contribution in [3.05, 3.63) is 92.5 Å². The van der Waals surface area contributed by atoms with Crippen LogP contribution in [-0.2, 0) is 7.05 Å². The van der Waals surface area contributed by atoms with Gasteiger partial charge in [0.05, 0.1) is 13.2 Å². The van der Waals surface area contributed by atoms with Gasteiger partial charge >= 0.3 is 5.69 Å². The first kappa shape index (κ1) is 18.1. The van der Waals surface area contributed by atoms with E-state index in [-0.39, 0.29) is 5.56 Å². The van der Waals surface area contributed by atoms with Gasteiger partial charge in [0.15, 0.2) is 0 Å². The predicted molar refractivity (Wildman–Crippen MR) is 98.8 cm³/mol. The number of ether oxygens (including phenoxy) is 1. The highest BCUT2D eigenvalue weighted by molar-refractivity contribution is 5.94. The number of hydrogen-bond donors (Lipinski definition) is 2. The van der Waals surface area contributed by atoms with Crippen molar-refractivity contribution in [3.63, 3.8) is 0 Å². The number of carbonyl (C=O) groups excluding carboxylic acids is 1. The molecule has 1 amide bonds. The molecule has 0 aliphatic rings. The number of rotatable bonds is 5. The summed E-state index contributed by atoms with van der Waals surface area (Å²) in [4.78, 5) is 42.4. The number of benzene rings is 1. The minimum absolute atomic E-state index is 0.148. The SMILES string of the molecule is COc1ccc([C@@H](NC(=O)c2cn(C)c(=O)[nH]c2=O)c2ccncc2)cc1. The maximum atomic E-state index is 12.7. The Labute approximate surface area is 154 Å². The number of aryl methyl sites for hydroxylation is 1. The smallest absolute Gasteiger partial charge is 0.328 e. The molecule has 3 aromatic rings. The Balaban J connectivity index is 1.98. The van der Waals surface area contributed by atoms with Crippen LogP contribution < -0.4 is 21.3 Å². The molecule has 0 unspecified atom stereocenters. The number of H-pyrrole nitrogens is 1. The van der Waals surface area contributed by atoms with Crippen molar-refractivity contribution in [3.8, 4) is 5.75 Å². The van der Waals surface area contributed by atoms with Crippen LogP contribution in [0, 0.1) is 0 Å². The van der Waals surface area contributed by atoms with Gasteiger partial charge in [-0.1, -0.05) is 12.1 Å². The van der Waals surface area contributed by atoms with Crippen LogP contribution >= 0.6 is 0 Å². The van der Waals surface area contributed by atoms with Gasteiger partial charge in [-0.3, -0.25) is 19.6 Å². The Morgan fingerprint density at radius 3 is 2.37 bits per heavy atom. The van der Waals surface area contributed by atoms with Crippen LogP contribution in [0.5, 0.6) is 5.75 Å². The molecule has 0 aliphatic heterocycles. The molecule has 0 saturated carbocycles. The Kier molecular flexibility index (Phi) is 5.16. The molecule has 0 bridgehead atoms. The van der Waals surface area contributed by atoms with Crippen molar-refractivity contribution in [1.82, 2.24) is 19.9 Å². The van der Waals surface area contributed by atoms with Gasteiger partial charge in [-0.25, -0.2) is 4.79 Å². The predicted octanol–water partition coefficient (Wildman–Crippen LogP) is 0.997. The molecule has 2 N–H and O–H groups in total. The summed E-state index contributed by atoms with van der Waals surface area (Å²) in [6.45, 7) is 0. The van der Waals surface area contributed by atoms with Crippen molar-refractivity contribution in [2.45, 2.75) is 6.04 Å². The van der Waals surface area contributed by atoms with E-state index in [1.807, 2.05) is 12.1 Å². The Bertz CT molecular complexity index is 1060. The van der Waals surface area contributed by atoms with E-state index in [9.17, 15) is 14.4 Å². The minimum Gasteiger partial charge on any atom is -0.497 e. The maximum Gasteiger partial charge on any atom is 0.328 e. The first-order valence-corrected chi connectivity index (χ1v) is 8.14. The Hall–Kier alpha value is -3.68. The van der Waals surface area contributed by atoms with E-state index in [2.05, 4.69) is 15.3 Å². The number of pyridine rings is 1. The molecular weight excluding hydrogens is 348 g/mol. The first-order chi connectivity index (χ1) is 13.0. The van der Waals surface area contributed by atoms with Crippen molar-refractivity contribution in [1.29, 1.82) is 0 Å². The molecule has 1 aromatic carbocycles. The molecule has 0 saturated heterocycles. The average molecular weight is 366 g/mol. The third-order valence-electron chi connectivity index (χ3n) is 4.12. The number of aromatic nitrogens is 3. The van der Waals surface area contributed by atoms with Crippen LogP contribution in [0.2, 0.25) is 0 Å². The minimum atomic E-state index is -0.737. The summed E-state index contributed by atoms with van der Waals surface area (Å²) in [5, 5.41) is 2.85. The largest absolute Gasteiger partial charge is 0.497 e. The lowest BCUT2D eigenvalue weighted by molar-refractivity contribution is 0.0940. The fraction of sp³-hybridized carbons (Fsp3) is 0.158. The van der Waals surface area contributed by atoms with Crippen LogP contribution in [0.1, 0.15) is 27.5 Å². The zero-order valence-corrected chi connectivity index (χ0v) is 14.8. The molecule has 0 aliphatic carbocycles. The Morgan fingerprint density at radius 1 is 1.11 bits per heavy atom. The quantitative estimate of drug-likeness (QED) is 0.701.